The number of methoxy groups -OCH3 is 1. The summed E-state index contributed by atoms with van der Waals surface area (Å²) in [5.41, 5.74) is 2.26. The molecule has 1 aliphatic rings. The SMILES string of the molecule is COc1ccc(NC2=NC(c3cccc4ccccc34)n3c(nc(C)cc3=O)N2)cc1. The first-order chi connectivity index (χ1) is 15.1. The molecule has 0 aliphatic carbocycles. The lowest BCUT2D eigenvalue weighted by Crippen LogP contribution is -2.37. The average molecular weight is 411 g/mol. The van der Waals surface area contributed by atoms with Gasteiger partial charge in [-0.2, -0.15) is 0 Å². The molecule has 0 fully saturated rings. The molecular weight excluding hydrogens is 390 g/mol. The van der Waals surface area contributed by atoms with Gasteiger partial charge in [0.15, 0.2) is 6.17 Å². The zero-order valence-electron chi connectivity index (χ0n) is 17.2. The van der Waals surface area contributed by atoms with Gasteiger partial charge in [0.05, 0.1) is 7.11 Å². The predicted molar refractivity (Wildman–Crippen MR) is 123 cm³/mol. The van der Waals surface area contributed by atoms with E-state index in [-0.39, 0.29) is 5.56 Å². The standard InChI is InChI=1S/C24H21N5O2/c1-15-14-21(30)29-22(20-9-5-7-16-6-3-4-8-19(16)20)27-23(28-24(29)25-15)26-17-10-12-18(31-2)13-11-17/h3-14,22H,1-2H3,(H2,25,26,27,28). The molecule has 4 aromatic rings. The molecule has 0 radical (unpaired) electrons. The highest BCUT2D eigenvalue weighted by atomic mass is 16.5. The maximum Gasteiger partial charge on any atom is 0.257 e. The van der Waals surface area contributed by atoms with Crippen molar-refractivity contribution in [2.45, 2.75) is 13.1 Å². The number of benzene rings is 3. The second kappa shape index (κ2) is 7.60. The van der Waals surface area contributed by atoms with Gasteiger partial charge >= 0.3 is 0 Å². The van der Waals surface area contributed by atoms with Crippen molar-refractivity contribution in [1.29, 1.82) is 0 Å². The predicted octanol–water partition coefficient (Wildman–Crippen LogP) is 4.15. The Bertz CT molecular complexity index is 1350. The van der Waals surface area contributed by atoms with E-state index in [1.165, 1.54) is 6.07 Å². The molecule has 154 valence electrons. The fourth-order valence-electron chi connectivity index (χ4n) is 3.81. The number of aryl methyl sites for hydroxylation is 1. The third-order valence-corrected chi connectivity index (χ3v) is 5.26. The van der Waals surface area contributed by atoms with Crippen LogP contribution in [0.5, 0.6) is 5.75 Å². The monoisotopic (exact) mass is 411 g/mol. The molecule has 1 aliphatic heterocycles. The van der Waals surface area contributed by atoms with Crippen molar-refractivity contribution in [2.75, 3.05) is 17.7 Å². The van der Waals surface area contributed by atoms with Crippen LogP contribution in [0.4, 0.5) is 11.6 Å². The van der Waals surface area contributed by atoms with Crippen LogP contribution in [0.1, 0.15) is 17.4 Å². The van der Waals surface area contributed by atoms with Crippen LogP contribution in [0.15, 0.2) is 82.6 Å². The van der Waals surface area contributed by atoms with Crippen molar-refractivity contribution >= 4 is 28.4 Å². The van der Waals surface area contributed by atoms with Gasteiger partial charge < -0.3 is 10.1 Å². The number of aliphatic imine (C=N–C) groups is 1. The molecule has 1 aromatic heterocycles. The van der Waals surface area contributed by atoms with Crippen LogP contribution in [0.25, 0.3) is 10.8 Å². The summed E-state index contributed by atoms with van der Waals surface area (Å²) in [4.78, 5) is 22.3. The van der Waals surface area contributed by atoms with E-state index in [9.17, 15) is 4.79 Å². The minimum atomic E-state index is -0.552. The lowest BCUT2D eigenvalue weighted by atomic mass is 10.0. The Morgan fingerprint density at radius 1 is 1.03 bits per heavy atom. The van der Waals surface area contributed by atoms with E-state index < -0.39 is 6.17 Å². The zero-order chi connectivity index (χ0) is 21.4. The highest BCUT2D eigenvalue weighted by Crippen LogP contribution is 2.31. The molecule has 5 rings (SSSR count). The number of rotatable bonds is 3. The van der Waals surface area contributed by atoms with E-state index >= 15 is 0 Å². The van der Waals surface area contributed by atoms with Crippen molar-refractivity contribution in [3.63, 3.8) is 0 Å². The van der Waals surface area contributed by atoms with Gasteiger partial charge in [0.25, 0.3) is 5.56 Å². The van der Waals surface area contributed by atoms with Crippen LogP contribution in [-0.2, 0) is 0 Å². The summed E-state index contributed by atoms with van der Waals surface area (Å²) in [5.74, 6) is 1.74. The third kappa shape index (κ3) is 3.50. The molecule has 31 heavy (non-hydrogen) atoms. The van der Waals surface area contributed by atoms with E-state index in [4.69, 9.17) is 9.73 Å². The molecule has 3 aromatic carbocycles. The van der Waals surface area contributed by atoms with Gasteiger partial charge in [-0.05, 0) is 42.0 Å². The number of ether oxygens (including phenoxy) is 1. The first kappa shape index (κ1) is 18.9. The number of hydrogen-bond donors (Lipinski definition) is 2. The summed E-state index contributed by atoms with van der Waals surface area (Å²) in [6, 6.07) is 23.2. The molecule has 0 bridgehead atoms. The summed E-state index contributed by atoms with van der Waals surface area (Å²) < 4.78 is 6.82. The summed E-state index contributed by atoms with van der Waals surface area (Å²) in [6.07, 6.45) is -0.552. The molecule has 2 heterocycles. The van der Waals surface area contributed by atoms with Crippen molar-refractivity contribution in [3.05, 3.63) is 94.4 Å². The summed E-state index contributed by atoms with van der Waals surface area (Å²) in [5, 5.41) is 8.59. The maximum atomic E-state index is 12.9. The lowest BCUT2D eigenvalue weighted by molar-refractivity contribution is 0.415. The van der Waals surface area contributed by atoms with Crippen molar-refractivity contribution in [3.8, 4) is 5.75 Å². The van der Waals surface area contributed by atoms with E-state index in [1.54, 1.807) is 18.6 Å². The van der Waals surface area contributed by atoms with Gasteiger partial charge in [-0.25, -0.2) is 9.98 Å². The Morgan fingerprint density at radius 2 is 1.81 bits per heavy atom. The zero-order valence-corrected chi connectivity index (χ0v) is 17.2. The van der Waals surface area contributed by atoms with E-state index in [0.29, 0.717) is 17.6 Å². The fourth-order valence-corrected chi connectivity index (χ4v) is 3.81. The molecule has 0 saturated heterocycles. The van der Waals surface area contributed by atoms with Gasteiger partial charge in [-0.1, -0.05) is 42.5 Å². The Morgan fingerprint density at radius 3 is 2.61 bits per heavy atom. The molecule has 7 heteroatoms. The van der Waals surface area contributed by atoms with Crippen LogP contribution in [0.2, 0.25) is 0 Å². The van der Waals surface area contributed by atoms with E-state index in [2.05, 4.69) is 27.8 Å². The van der Waals surface area contributed by atoms with Crippen molar-refractivity contribution < 1.29 is 4.74 Å². The topological polar surface area (TPSA) is 80.5 Å². The van der Waals surface area contributed by atoms with E-state index in [1.807, 2.05) is 54.6 Å². The van der Waals surface area contributed by atoms with Crippen molar-refractivity contribution in [2.24, 2.45) is 4.99 Å². The number of fused-ring (bicyclic) bond motifs is 2. The molecular formula is C24H21N5O2. The lowest BCUT2D eigenvalue weighted by Gasteiger charge is -2.27. The van der Waals surface area contributed by atoms with E-state index in [0.717, 1.165) is 27.8 Å². The van der Waals surface area contributed by atoms with Crippen LogP contribution in [0, 0.1) is 6.92 Å². The van der Waals surface area contributed by atoms with Gasteiger partial charge in [-0.3, -0.25) is 14.7 Å². The molecule has 2 N–H and O–H groups in total. The highest BCUT2D eigenvalue weighted by molar-refractivity contribution is 6.03. The summed E-state index contributed by atoms with van der Waals surface area (Å²) in [7, 11) is 1.63. The molecule has 0 spiro atoms. The molecule has 1 atom stereocenters. The Hall–Kier alpha value is -4.13. The second-order valence-electron chi connectivity index (χ2n) is 7.33. The maximum absolute atomic E-state index is 12.9. The number of aromatic nitrogens is 2. The minimum absolute atomic E-state index is 0.153. The second-order valence-corrected chi connectivity index (χ2v) is 7.33. The van der Waals surface area contributed by atoms with Crippen LogP contribution in [0.3, 0.4) is 0 Å². The smallest absolute Gasteiger partial charge is 0.257 e. The first-order valence-electron chi connectivity index (χ1n) is 9.96. The molecule has 0 saturated carbocycles. The van der Waals surface area contributed by atoms with Crippen LogP contribution < -0.4 is 20.9 Å². The number of nitrogens with one attached hydrogen (secondary N) is 2. The number of nitrogens with zero attached hydrogens (tertiary/aromatic N) is 3. The number of anilines is 2. The van der Waals surface area contributed by atoms with Gasteiger partial charge in [0.1, 0.15) is 5.75 Å². The third-order valence-electron chi connectivity index (χ3n) is 5.26. The Labute approximate surface area is 179 Å². The van der Waals surface area contributed by atoms with Crippen LogP contribution >= 0.6 is 0 Å². The highest BCUT2D eigenvalue weighted by Gasteiger charge is 2.26. The average Bonchev–Trinajstić information content (AvgIpc) is 2.78. The normalized spacial score (nSPS) is 15.0. The number of guanidine groups is 1. The Balaban J connectivity index is 1.64. The number of hydrogen-bond acceptors (Lipinski definition) is 6. The first-order valence-corrected chi connectivity index (χ1v) is 9.96. The minimum Gasteiger partial charge on any atom is -0.497 e. The molecule has 1 unspecified atom stereocenters. The van der Waals surface area contributed by atoms with Gasteiger partial charge in [-0.15, -0.1) is 0 Å². The summed E-state index contributed by atoms with van der Waals surface area (Å²) >= 11 is 0. The Kier molecular flexibility index (Phi) is 4.63. The van der Waals surface area contributed by atoms with Gasteiger partial charge in [0.2, 0.25) is 11.9 Å². The molecule has 0 amide bonds. The largest absolute Gasteiger partial charge is 0.497 e. The van der Waals surface area contributed by atoms with Gasteiger partial charge in [0, 0.05) is 23.0 Å². The fraction of sp³-hybridized carbons (Fsp3) is 0.125. The van der Waals surface area contributed by atoms with Crippen molar-refractivity contribution in [1.82, 2.24) is 9.55 Å². The van der Waals surface area contributed by atoms with Crippen LogP contribution in [-0.4, -0.2) is 22.6 Å². The quantitative estimate of drug-likeness (QED) is 0.529. The molecule has 7 nitrogen and oxygen atoms in total. The summed E-state index contributed by atoms with van der Waals surface area (Å²) in [6.45, 7) is 1.80.